The minimum atomic E-state index is 0.533. The predicted octanol–water partition coefficient (Wildman–Crippen LogP) is 5.14. The summed E-state index contributed by atoms with van der Waals surface area (Å²) < 4.78 is 0. The lowest BCUT2D eigenvalue weighted by Gasteiger charge is -2.09. The summed E-state index contributed by atoms with van der Waals surface area (Å²) in [5.41, 5.74) is 4.35. The first-order chi connectivity index (χ1) is 7.38. The monoisotopic (exact) mass is 220 g/mol. The third-order valence-corrected chi connectivity index (χ3v) is 3.36. The number of hydrogen-bond donors (Lipinski definition) is 0. The number of rotatable bonds is 7. The summed E-state index contributed by atoms with van der Waals surface area (Å²) >= 11 is 1.77. The summed E-state index contributed by atoms with van der Waals surface area (Å²) in [6.45, 7) is 5.93. The van der Waals surface area contributed by atoms with Crippen molar-refractivity contribution < 1.29 is 0 Å². The van der Waals surface area contributed by atoms with Gasteiger partial charge in [-0.1, -0.05) is 39.2 Å². The number of thiophene rings is 1. The summed E-state index contributed by atoms with van der Waals surface area (Å²) in [6, 6.07) is 2.21. The highest BCUT2D eigenvalue weighted by molar-refractivity contribution is 7.07. The summed E-state index contributed by atoms with van der Waals surface area (Å²) in [6.07, 6.45) is 8.66. The molecule has 1 heterocycles. The van der Waals surface area contributed by atoms with Crippen molar-refractivity contribution in [1.82, 2.24) is 0 Å². The average molecular weight is 220 g/mol. The van der Waals surface area contributed by atoms with Crippen LogP contribution in [-0.2, 0) is 0 Å². The Morgan fingerprint density at radius 1 is 1.47 bits per heavy atom. The molecule has 0 spiro atoms. The van der Waals surface area contributed by atoms with Gasteiger partial charge >= 0.3 is 0 Å². The van der Waals surface area contributed by atoms with Gasteiger partial charge in [0.1, 0.15) is 0 Å². The fraction of sp³-hybridized carbons (Fsp3) is 0.500. The van der Waals surface area contributed by atoms with Gasteiger partial charge in [-0.2, -0.15) is 11.3 Å². The molecule has 1 atom stereocenters. The minimum Gasteiger partial charge on any atom is -0.152 e. The van der Waals surface area contributed by atoms with E-state index in [-0.39, 0.29) is 0 Å². The zero-order valence-corrected chi connectivity index (χ0v) is 10.4. The topological polar surface area (TPSA) is 0 Å². The zero-order chi connectivity index (χ0) is 10.9. The molecule has 0 saturated heterocycles. The molecule has 0 N–H and O–H groups in total. The highest BCUT2D eigenvalue weighted by atomic mass is 32.1. The van der Waals surface area contributed by atoms with Crippen LogP contribution in [-0.4, -0.2) is 0 Å². The van der Waals surface area contributed by atoms with E-state index in [1.54, 1.807) is 11.3 Å². The predicted molar refractivity (Wildman–Crippen MR) is 69.5 cm³/mol. The van der Waals surface area contributed by atoms with Gasteiger partial charge in [0.05, 0.1) is 0 Å². The second kappa shape index (κ2) is 7.50. The summed E-state index contributed by atoms with van der Waals surface area (Å²) in [5, 5.41) is 4.38. The molecule has 0 amide bonds. The molecule has 0 saturated carbocycles. The Morgan fingerprint density at radius 2 is 2.33 bits per heavy atom. The first-order valence-electron chi connectivity index (χ1n) is 5.76. The summed E-state index contributed by atoms with van der Waals surface area (Å²) in [4.78, 5) is 0. The van der Waals surface area contributed by atoms with Crippen LogP contribution in [0.5, 0.6) is 0 Å². The highest BCUT2D eigenvalue weighted by Gasteiger charge is 2.07. The molecule has 1 unspecified atom stereocenters. The van der Waals surface area contributed by atoms with Gasteiger partial charge in [-0.25, -0.2) is 0 Å². The van der Waals surface area contributed by atoms with E-state index >= 15 is 0 Å². The van der Waals surface area contributed by atoms with Crippen LogP contribution in [0.4, 0.5) is 0 Å². The number of allylic oxidation sites excluding steroid dienone is 1. The first-order valence-corrected chi connectivity index (χ1v) is 6.70. The Bertz CT molecular complexity index is 291. The van der Waals surface area contributed by atoms with Gasteiger partial charge in [0.15, 0.2) is 0 Å². The van der Waals surface area contributed by atoms with Gasteiger partial charge in [0.2, 0.25) is 0 Å². The number of hydrogen-bond acceptors (Lipinski definition) is 1. The van der Waals surface area contributed by atoms with Crippen molar-refractivity contribution in [3.05, 3.63) is 40.8 Å². The molecule has 0 aliphatic heterocycles. The van der Waals surface area contributed by atoms with Crippen LogP contribution in [0.2, 0.25) is 0 Å². The fourth-order valence-corrected chi connectivity index (χ4v) is 2.49. The molecular formula is C14H20S. The summed E-state index contributed by atoms with van der Waals surface area (Å²) in [5.74, 6) is 0.533. The molecular weight excluding hydrogens is 200 g/mol. The van der Waals surface area contributed by atoms with Crippen LogP contribution in [0.25, 0.3) is 0 Å². The zero-order valence-electron chi connectivity index (χ0n) is 9.54. The summed E-state index contributed by atoms with van der Waals surface area (Å²) in [7, 11) is 0. The van der Waals surface area contributed by atoms with E-state index in [1.807, 2.05) is 0 Å². The first kappa shape index (κ1) is 12.3. The molecule has 0 aliphatic rings. The average Bonchev–Trinajstić information content (AvgIpc) is 2.76. The molecule has 0 fully saturated rings. The van der Waals surface area contributed by atoms with E-state index in [9.17, 15) is 0 Å². The Kier molecular flexibility index (Phi) is 6.15. The maximum Gasteiger partial charge on any atom is 0.0102 e. The van der Waals surface area contributed by atoms with Crippen molar-refractivity contribution in [2.24, 2.45) is 0 Å². The van der Waals surface area contributed by atoms with Crippen molar-refractivity contribution >= 4 is 11.3 Å². The Morgan fingerprint density at radius 3 is 2.93 bits per heavy atom. The molecule has 0 bridgehead atoms. The Balaban J connectivity index is 2.42. The van der Waals surface area contributed by atoms with Gasteiger partial charge in [0, 0.05) is 5.92 Å². The van der Waals surface area contributed by atoms with Gasteiger partial charge < -0.3 is 0 Å². The molecule has 1 rings (SSSR count). The smallest absolute Gasteiger partial charge is 0.0102 e. The quantitative estimate of drug-likeness (QED) is 0.440. The largest absolute Gasteiger partial charge is 0.152 e. The van der Waals surface area contributed by atoms with Crippen molar-refractivity contribution in [2.45, 2.75) is 44.9 Å². The van der Waals surface area contributed by atoms with E-state index in [4.69, 9.17) is 0 Å². The van der Waals surface area contributed by atoms with E-state index in [1.165, 1.54) is 37.7 Å². The Hall–Kier alpha value is -0.780. The van der Waals surface area contributed by atoms with Gasteiger partial charge in [0.25, 0.3) is 0 Å². The standard InChI is InChI=1S/C14H20S/c1-3-5-6-7-9-13(8-4-2)14-10-11-15-12-14/h8,10-13H,2-3,5-7,9H2,1H3. The van der Waals surface area contributed by atoms with E-state index in [0.717, 1.165) is 0 Å². The third kappa shape index (κ3) is 4.51. The van der Waals surface area contributed by atoms with Crippen LogP contribution >= 0.6 is 11.3 Å². The lowest BCUT2D eigenvalue weighted by molar-refractivity contribution is 0.605. The van der Waals surface area contributed by atoms with Crippen LogP contribution in [0.1, 0.15) is 50.5 Å². The Labute approximate surface area is 97.3 Å². The third-order valence-electron chi connectivity index (χ3n) is 2.66. The lowest BCUT2D eigenvalue weighted by atomic mass is 9.95. The molecule has 1 aromatic heterocycles. The molecule has 0 radical (unpaired) electrons. The van der Waals surface area contributed by atoms with Crippen molar-refractivity contribution in [2.75, 3.05) is 0 Å². The molecule has 0 nitrogen and oxygen atoms in total. The molecule has 1 heteroatoms. The van der Waals surface area contributed by atoms with Crippen molar-refractivity contribution in [3.63, 3.8) is 0 Å². The van der Waals surface area contributed by atoms with Gasteiger partial charge in [-0.3, -0.25) is 0 Å². The second-order valence-corrected chi connectivity index (χ2v) is 4.66. The van der Waals surface area contributed by atoms with Crippen molar-refractivity contribution in [3.8, 4) is 0 Å². The minimum absolute atomic E-state index is 0.533. The molecule has 1 aromatic rings. The van der Waals surface area contributed by atoms with Crippen LogP contribution < -0.4 is 0 Å². The van der Waals surface area contributed by atoms with Crippen LogP contribution in [0, 0.1) is 0 Å². The normalized spacial score (nSPS) is 12.1. The lowest BCUT2D eigenvalue weighted by Crippen LogP contribution is -1.93. The molecule has 15 heavy (non-hydrogen) atoms. The van der Waals surface area contributed by atoms with Gasteiger partial charge in [-0.15, -0.1) is 5.73 Å². The second-order valence-electron chi connectivity index (χ2n) is 3.88. The molecule has 0 aromatic carbocycles. The number of unbranched alkanes of at least 4 members (excludes halogenated alkanes) is 3. The van der Waals surface area contributed by atoms with E-state index in [0.29, 0.717) is 5.92 Å². The van der Waals surface area contributed by atoms with E-state index in [2.05, 4.69) is 42.1 Å². The molecule has 82 valence electrons. The van der Waals surface area contributed by atoms with E-state index < -0.39 is 0 Å². The van der Waals surface area contributed by atoms with Gasteiger partial charge in [-0.05, 0) is 34.9 Å². The van der Waals surface area contributed by atoms with Crippen LogP contribution in [0.3, 0.4) is 0 Å². The van der Waals surface area contributed by atoms with Crippen molar-refractivity contribution in [1.29, 1.82) is 0 Å². The maximum absolute atomic E-state index is 3.68. The molecule has 0 aliphatic carbocycles. The fourth-order valence-electron chi connectivity index (χ4n) is 1.77. The maximum atomic E-state index is 3.68. The highest BCUT2D eigenvalue weighted by Crippen LogP contribution is 2.25. The SMILES string of the molecule is C=C=CC(CCCCCC)c1ccsc1. The van der Waals surface area contributed by atoms with Crippen LogP contribution in [0.15, 0.2) is 35.2 Å².